The lowest BCUT2D eigenvalue weighted by Crippen LogP contribution is -1.97. The molecule has 16 heavy (non-hydrogen) atoms. The molecule has 82 valence electrons. The van der Waals surface area contributed by atoms with Crippen LogP contribution in [0.1, 0.15) is 5.56 Å². The van der Waals surface area contributed by atoms with Crippen molar-refractivity contribution in [3.63, 3.8) is 0 Å². The smallest absolute Gasteiger partial charge is 0.213 e. The van der Waals surface area contributed by atoms with Gasteiger partial charge in [0.25, 0.3) is 0 Å². The van der Waals surface area contributed by atoms with Gasteiger partial charge >= 0.3 is 0 Å². The molecular formula is C12H11FN2O. The number of ether oxygens (including phenoxy) is 1. The summed E-state index contributed by atoms with van der Waals surface area (Å²) in [4.78, 5) is 3.49. The number of hydrogen-bond donors (Lipinski definition) is 1. The van der Waals surface area contributed by atoms with Crippen LogP contribution < -0.4 is 10.5 Å². The predicted molar refractivity (Wildman–Crippen MR) is 59.4 cm³/mol. The summed E-state index contributed by atoms with van der Waals surface area (Å²) in [5, 5.41) is 0. The molecule has 0 unspecified atom stereocenters. The highest BCUT2D eigenvalue weighted by Gasteiger charge is 1.97. The van der Waals surface area contributed by atoms with Gasteiger partial charge in [-0.2, -0.15) is 4.39 Å². The molecule has 0 radical (unpaired) electrons. The summed E-state index contributed by atoms with van der Waals surface area (Å²) in [7, 11) is 0. The van der Waals surface area contributed by atoms with Crippen LogP contribution in [0.25, 0.3) is 0 Å². The molecule has 0 aliphatic carbocycles. The van der Waals surface area contributed by atoms with E-state index in [1.165, 1.54) is 18.3 Å². The van der Waals surface area contributed by atoms with Crippen LogP contribution in [0, 0.1) is 5.95 Å². The molecular weight excluding hydrogens is 207 g/mol. The molecule has 0 fully saturated rings. The van der Waals surface area contributed by atoms with E-state index in [1.807, 2.05) is 24.3 Å². The Kier molecular flexibility index (Phi) is 3.00. The maximum absolute atomic E-state index is 12.5. The Morgan fingerprint density at radius 1 is 1.25 bits per heavy atom. The monoisotopic (exact) mass is 218 g/mol. The molecule has 0 saturated carbocycles. The number of benzene rings is 1. The highest BCUT2D eigenvalue weighted by Crippen LogP contribution is 2.12. The molecule has 0 amide bonds. The van der Waals surface area contributed by atoms with Gasteiger partial charge in [0, 0.05) is 5.69 Å². The second-order valence-corrected chi connectivity index (χ2v) is 3.35. The van der Waals surface area contributed by atoms with E-state index in [4.69, 9.17) is 10.5 Å². The first-order chi connectivity index (χ1) is 7.74. The van der Waals surface area contributed by atoms with Crippen molar-refractivity contribution in [1.29, 1.82) is 0 Å². The van der Waals surface area contributed by atoms with E-state index in [-0.39, 0.29) is 0 Å². The SMILES string of the molecule is Nc1cccc(COc2ccc(F)nc2)c1. The number of pyridine rings is 1. The van der Waals surface area contributed by atoms with Crippen molar-refractivity contribution in [3.8, 4) is 5.75 Å². The van der Waals surface area contributed by atoms with Crippen molar-refractivity contribution in [1.82, 2.24) is 4.98 Å². The van der Waals surface area contributed by atoms with E-state index in [1.54, 1.807) is 0 Å². The predicted octanol–water partition coefficient (Wildman–Crippen LogP) is 2.38. The molecule has 0 aliphatic heterocycles. The molecule has 0 spiro atoms. The highest BCUT2D eigenvalue weighted by atomic mass is 19.1. The van der Waals surface area contributed by atoms with Crippen LogP contribution in [0.5, 0.6) is 5.75 Å². The Morgan fingerprint density at radius 3 is 2.81 bits per heavy atom. The van der Waals surface area contributed by atoms with Gasteiger partial charge in [-0.05, 0) is 29.8 Å². The van der Waals surface area contributed by atoms with Crippen LogP contribution in [-0.2, 0) is 6.61 Å². The Balaban J connectivity index is 1.99. The normalized spacial score (nSPS) is 10.1. The lowest BCUT2D eigenvalue weighted by atomic mass is 10.2. The number of nitrogens with two attached hydrogens (primary N) is 1. The first kappa shape index (κ1) is 10.4. The zero-order chi connectivity index (χ0) is 11.4. The molecule has 3 nitrogen and oxygen atoms in total. The van der Waals surface area contributed by atoms with Gasteiger partial charge in [-0.15, -0.1) is 0 Å². The molecule has 2 rings (SSSR count). The minimum absolute atomic E-state index is 0.387. The number of nitrogens with zero attached hydrogens (tertiary/aromatic N) is 1. The van der Waals surface area contributed by atoms with Crippen molar-refractivity contribution in [2.45, 2.75) is 6.61 Å². The maximum Gasteiger partial charge on any atom is 0.213 e. The van der Waals surface area contributed by atoms with Gasteiger partial charge in [0.15, 0.2) is 0 Å². The summed E-state index contributed by atoms with van der Waals surface area (Å²) < 4.78 is 17.9. The summed E-state index contributed by atoms with van der Waals surface area (Å²) in [6.45, 7) is 0.387. The number of rotatable bonds is 3. The Labute approximate surface area is 92.7 Å². The van der Waals surface area contributed by atoms with Gasteiger partial charge in [-0.3, -0.25) is 0 Å². The molecule has 0 aliphatic rings. The van der Waals surface area contributed by atoms with Crippen molar-refractivity contribution >= 4 is 5.69 Å². The molecule has 0 bridgehead atoms. The Morgan fingerprint density at radius 2 is 2.12 bits per heavy atom. The van der Waals surface area contributed by atoms with Crippen molar-refractivity contribution in [2.24, 2.45) is 0 Å². The lowest BCUT2D eigenvalue weighted by Gasteiger charge is -2.06. The van der Waals surface area contributed by atoms with Crippen molar-refractivity contribution in [3.05, 3.63) is 54.1 Å². The van der Waals surface area contributed by atoms with Crippen molar-refractivity contribution < 1.29 is 9.13 Å². The molecule has 0 atom stereocenters. The molecule has 1 heterocycles. The van der Waals surface area contributed by atoms with Gasteiger partial charge in [0.05, 0.1) is 6.20 Å². The van der Waals surface area contributed by atoms with E-state index in [0.29, 0.717) is 18.0 Å². The van der Waals surface area contributed by atoms with Crippen LogP contribution in [0.3, 0.4) is 0 Å². The van der Waals surface area contributed by atoms with E-state index >= 15 is 0 Å². The highest BCUT2D eigenvalue weighted by molar-refractivity contribution is 5.40. The van der Waals surface area contributed by atoms with Gasteiger partial charge in [0.1, 0.15) is 12.4 Å². The summed E-state index contributed by atoms with van der Waals surface area (Å²) in [5.41, 5.74) is 7.29. The van der Waals surface area contributed by atoms with Gasteiger partial charge in [0.2, 0.25) is 5.95 Å². The number of aromatic nitrogens is 1. The van der Waals surface area contributed by atoms with E-state index < -0.39 is 5.95 Å². The fourth-order valence-electron chi connectivity index (χ4n) is 1.30. The minimum atomic E-state index is -0.517. The molecule has 2 N–H and O–H groups in total. The molecule has 1 aromatic heterocycles. The van der Waals surface area contributed by atoms with Crippen LogP contribution in [0.2, 0.25) is 0 Å². The second kappa shape index (κ2) is 4.61. The Bertz CT molecular complexity index is 471. The lowest BCUT2D eigenvalue weighted by molar-refractivity contribution is 0.304. The largest absolute Gasteiger partial charge is 0.487 e. The fourth-order valence-corrected chi connectivity index (χ4v) is 1.30. The third kappa shape index (κ3) is 2.70. The van der Waals surface area contributed by atoms with Crippen LogP contribution in [0.15, 0.2) is 42.6 Å². The topological polar surface area (TPSA) is 48.1 Å². The quantitative estimate of drug-likeness (QED) is 0.635. The third-order valence-corrected chi connectivity index (χ3v) is 2.06. The first-order valence-corrected chi connectivity index (χ1v) is 4.83. The minimum Gasteiger partial charge on any atom is -0.487 e. The first-order valence-electron chi connectivity index (χ1n) is 4.83. The number of nitrogen functional groups attached to an aromatic ring is 1. The maximum atomic E-state index is 12.5. The van der Waals surface area contributed by atoms with E-state index in [0.717, 1.165) is 5.56 Å². The number of anilines is 1. The summed E-state index contributed by atoms with van der Waals surface area (Å²) >= 11 is 0. The zero-order valence-electron chi connectivity index (χ0n) is 8.56. The van der Waals surface area contributed by atoms with Crippen LogP contribution in [-0.4, -0.2) is 4.98 Å². The van der Waals surface area contributed by atoms with Crippen molar-refractivity contribution in [2.75, 3.05) is 5.73 Å². The summed E-state index contributed by atoms with van der Waals surface area (Å²) in [5.74, 6) is 0.0140. The average Bonchev–Trinajstić information content (AvgIpc) is 2.28. The molecule has 1 aromatic carbocycles. The second-order valence-electron chi connectivity index (χ2n) is 3.35. The molecule has 2 aromatic rings. The van der Waals surface area contributed by atoms with E-state index in [2.05, 4.69) is 4.98 Å². The number of halogens is 1. The standard InChI is InChI=1S/C12H11FN2O/c13-12-5-4-11(7-15-12)16-8-9-2-1-3-10(14)6-9/h1-7H,8,14H2. The summed E-state index contributed by atoms with van der Waals surface area (Å²) in [6, 6.07) is 10.2. The van der Waals surface area contributed by atoms with Crippen LogP contribution >= 0.6 is 0 Å². The number of hydrogen-bond acceptors (Lipinski definition) is 3. The molecule has 4 heteroatoms. The van der Waals surface area contributed by atoms with Gasteiger partial charge in [-0.25, -0.2) is 4.98 Å². The third-order valence-electron chi connectivity index (χ3n) is 2.06. The molecule has 0 saturated heterocycles. The average molecular weight is 218 g/mol. The van der Waals surface area contributed by atoms with E-state index in [9.17, 15) is 4.39 Å². The zero-order valence-corrected chi connectivity index (χ0v) is 8.56. The summed E-state index contributed by atoms with van der Waals surface area (Å²) in [6.07, 6.45) is 1.35. The van der Waals surface area contributed by atoms with Gasteiger partial charge in [-0.1, -0.05) is 12.1 Å². The van der Waals surface area contributed by atoms with Crippen LogP contribution in [0.4, 0.5) is 10.1 Å². The fraction of sp³-hybridized carbons (Fsp3) is 0.0833. The van der Waals surface area contributed by atoms with Gasteiger partial charge < -0.3 is 10.5 Å². The Hall–Kier alpha value is -2.10.